The molecule has 0 radical (unpaired) electrons. The second-order valence-corrected chi connectivity index (χ2v) is 7.17. The fourth-order valence-electron chi connectivity index (χ4n) is 2.57. The number of amides is 3. The van der Waals surface area contributed by atoms with E-state index in [0.717, 1.165) is 10.5 Å². The number of hydrogen-bond donors (Lipinski definition) is 3. The number of hydrogen-bond acceptors (Lipinski definition) is 3. The maximum atomic E-state index is 13.0. The summed E-state index contributed by atoms with van der Waals surface area (Å²) in [7, 11) is 1.55. The summed E-state index contributed by atoms with van der Waals surface area (Å²) in [5, 5.41) is 7.77. The van der Waals surface area contributed by atoms with E-state index in [0.29, 0.717) is 11.4 Å². The molecule has 3 N–H and O–H groups in total. The molecular formula is C22H21N3O2S. The minimum absolute atomic E-state index is 0.105. The predicted octanol–water partition coefficient (Wildman–Crippen LogP) is 4.91. The Kier molecular flexibility index (Phi) is 6.70. The van der Waals surface area contributed by atoms with Crippen molar-refractivity contribution >= 4 is 35.1 Å². The summed E-state index contributed by atoms with van der Waals surface area (Å²) in [6.45, 7) is 0. The lowest BCUT2D eigenvalue weighted by Gasteiger charge is -2.17. The van der Waals surface area contributed by atoms with Crippen LogP contribution in [-0.4, -0.2) is 19.0 Å². The van der Waals surface area contributed by atoms with Crippen LogP contribution in [0.15, 0.2) is 89.8 Å². The highest BCUT2D eigenvalue weighted by atomic mass is 32.2. The van der Waals surface area contributed by atoms with E-state index in [4.69, 9.17) is 0 Å². The van der Waals surface area contributed by atoms with Gasteiger partial charge in [-0.25, -0.2) is 4.79 Å². The van der Waals surface area contributed by atoms with E-state index in [-0.39, 0.29) is 17.2 Å². The van der Waals surface area contributed by atoms with Crippen LogP contribution in [0, 0.1) is 0 Å². The van der Waals surface area contributed by atoms with Crippen LogP contribution in [0.25, 0.3) is 0 Å². The van der Waals surface area contributed by atoms with E-state index in [2.05, 4.69) is 16.0 Å². The number of nitrogens with one attached hydrogen (secondary N) is 3. The zero-order valence-corrected chi connectivity index (χ0v) is 16.2. The van der Waals surface area contributed by atoms with Gasteiger partial charge in [-0.05, 0) is 42.0 Å². The van der Waals surface area contributed by atoms with Crippen molar-refractivity contribution in [3.63, 3.8) is 0 Å². The molecular weight excluding hydrogens is 370 g/mol. The monoisotopic (exact) mass is 391 g/mol. The molecule has 3 aromatic rings. The average Bonchev–Trinajstić information content (AvgIpc) is 2.74. The Bertz CT molecular complexity index is 916. The second-order valence-electron chi connectivity index (χ2n) is 5.99. The third kappa shape index (κ3) is 5.37. The molecule has 1 atom stereocenters. The fraction of sp³-hybridized carbons (Fsp3) is 0.0909. The van der Waals surface area contributed by atoms with Crippen LogP contribution >= 0.6 is 11.8 Å². The molecule has 142 valence electrons. The summed E-state index contributed by atoms with van der Waals surface area (Å²) in [5.74, 6) is -0.105. The Morgan fingerprint density at radius 3 is 1.86 bits per heavy atom. The van der Waals surface area contributed by atoms with E-state index in [9.17, 15) is 9.59 Å². The summed E-state index contributed by atoms with van der Waals surface area (Å²) in [5.41, 5.74) is 2.25. The van der Waals surface area contributed by atoms with Crippen molar-refractivity contribution in [1.82, 2.24) is 5.32 Å². The van der Waals surface area contributed by atoms with Gasteiger partial charge in [0.2, 0.25) is 5.91 Å². The zero-order valence-electron chi connectivity index (χ0n) is 15.4. The highest BCUT2D eigenvalue weighted by Gasteiger charge is 2.22. The summed E-state index contributed by atoms with van der Waals surface area (Å²) >= 11 is 1.51. The van der Waals surface area contributed by atoms with Crippen molar-refractivity contribution in [3.05, 3.63) is 90.5 Å². The first-order valence-electron chi connectivity index (χ1n) is 8.82. The van der Waals surface area contributed by atoms with Crippen molar-refractivity contribution in [2.45, 2.75) is 10.1 Å². The van der Waals surface area contributed by atoms with Gasteiger partial charge in [-0.1, -0.05) is 48.5 Å². The average molecular weight is 391 g/mol. The van der Waals surface area contributed by atoms with Gasteiger partial charge in [0.15, 0.2) is 0 Å². The number of thioether (sulfide) groups is 1. The van der Waals surface area contributed by atoms with Gasteiger partial charge < -0.3 is 16.0 Å². The molecule has 3 aromatic carbocycles. The molecule has 0 aliphatic heterocycles. The lowest BCUT2D eigenvalue weighted by molar-refractivity contribution is -0.115. The molecule has 0 saturated carbocycles. The van der Waals surface area contributed by atoms with Gasteiger partial charge in [0.25, 0.3) is 0 Å². The topological polar surface area (TPSA) is 70.2 Å². The Balaban J connectivity index is 1.75. The largest absolute Gasteiger partial charge is 0.341 e. The SMILES string of the molecule is CNC(=O)Nc1ccc(NC(=O)C(Sc2ccccc2)c2ccccc2)cc1. The minimum atomic E-state index is -0.382. The van der Waals surface area contributed by atoms with Crippen molar-refractivity contribution in [3.8, 4) is 0 Å². The number of anilines is 2. The van der Waals surface area contributed by atoms with Crippen molar-refractivity contribution < 1.29 is 9.59 Å². The van der Waals surface area contributed by atoms with Crippen LogP contribution in [0.3, 0.4) is 0 Å². The first kappa shape index (κ1) is 19.5. The summed E-state index contributed by atoms with van der Waals surface area (Å²) < 4.78 is 0. The molecule has 0 aromatic heterocycles. The molecule has 0 fully saturated rings. The van der Waals surface area contributed by atoms with E-state index >= 15 is 0 Å². The van der Waals surface area contributed by atoms with Crippen LogP contribution < -0.4 is 16.0 Å². The quantitative estimate of drug-likeness (QED) is 0.523. The third-order valence-electron chi connectivity index (χ3n) is 3.97. The number of rotatable bonds is 6. The van der Waals surface area contributed by atoms with Crippen LogP contribution in [0.4, 0.5) is 16.2 Å². The van der Waals surface area contributed by atoms with Crippen molar-refractivity contribution in [2.75, 3.05) is 17.7 Å². The number of benzene rings is 3. The lowest BCUT2D eigenvalue weighted by atomic mass is 10.1. The van der Waals surface area contributed by atoms with E-state index < -0.39 is 0 Å². The van der Waals surface area contributed by atoms with Gasteiger partial charge in [-0.3, -0.25) is 4.79 Å². The highest BCUT2D eigenvalue weighted by Crippen LogP contribution is 2.36. The standard InChI is InChI=1S/C22H21N3O2S/c1-23-22(27)25-18-14-12-17(13-15-18)24-21(26)20(16-8-4-2-5-9-16)28-19-10-6-3-7-11-19/h2-15,20H,1H3,(H,24,26)(H2,23,25,27). The van der Waals surface area contributed by atoms with Gasteiger partial charge in [-0.2, -0.15) is 0 Å². The van der Waals surface area contributed by atoms with Gasteiger partial charge >= 0.3 is 6.03 Å². The van der Waals surface area contributed by atoms with Gasteiger partial charge in [0.1, 0.15) is 5.25 Å². The van der Waals surface area contributed by atoms with Crippen LogP contribution in [0.1, 0.15) is 10.8 Å². The molecule has 0 spiro atoms. The van der Waals surface area contributed by atoms with Gasteiger partial charge in [0, 0.05) is 23.3 Å². The first-order valence-corrected chi connectivity index (χ1v) is 9.70. The van der Waals surface area contributed by atoms with E-state index in [1.807, 2.05) is 60.7 Å². The molecule has 0 heterocycles. The fourth-order valence-corrected chi connectivity index (χ4v) is 3.62. The minimum Gasteiger partial charge on any atom is -0.341 e. The predicted molar refractivity (Wildman–Crippen MR) is 115 cm³/mol. The zero-order chi connectivity index (χ0) is 19.8. The summed E-state index contributed by atoms with van der Waals surface area (Å²) in [6, 6.07) is 26.3. The summed E-state index contributed by atoms with van der Waals surface area (Å²) in [4.78, 5) is 25.4. The van der Waals surface area contributed by atoms with Crippen LogP contribution in [-0.2, 0) is 4.79 Å². The normalized spacial score (nSPS) is 11.3. The maximum Gasteiger partial charge on any atom is 0.318 e. The van der Waals surface area contributed by atoms with Gasteiger partial charge in [-0.15, -0.1) is 11.8 Å². The molecule has 0 saturated heterocycles. The Labute approximate surface area is 168 Å². The Hall–Kier alpha value is -3.25. The number of carbonyl (C=O) groups excluding carboxylic acids is 2. The smallest absolute Gasteiger partial charge is 0.318 e. The van der Waals surface area contributed by atoms with Crippen molar-refractivity contribution in [1.29, 1.82) is 0 Å². The maximum absolute atomic E-state index is 13.0. The molecule has 0 bridgehead atoms. The Morgan fingerprint density at radius 1 is 0.750 bits per heavy atom. The lowest BCUT2D eigenvalue weighted by Crippen LogP contribution is -2.24. The van der Waals surface area contributed by atoms with Crippen molar-refractivity contribution in [2.24, 2.45) is 0 Å². The number of urea groups is 1. The van der Waals surface area contributed by atoms with Gasteiger partial charge in [0.05, 0.1) is 0 Å². The molecule has 3 amide bonds. The number of carbonyl (C=O) groups is 2. The highest BCUT2D eigenvalue weighted by molar-refractivity contribution is 8.00. The Morgan fingerprint density at radius 2 is 1.29 bits per heavy atom. The molecule has 28 heavy (non-hydrogen) atoms. The second kappa shape index (κ2) is 9.62. The van der Waals surface area contributed by atoms with E-state index in [1.54, 1.807) is 31.3 Å². The molecule has 3 rings (SSSR count). The molecule has 6 heteroatoms. The third-order valence-corrected chi connectivity index (χ3v) is 5.24. The first-order chi connectivity index (χ1) is 13.7. The summed E-state index contributed by atoms with van der Waals surface area (Å²) in [6.07, 6.45) is 0. The van der Waals surface area contributed by atoms with E-state index in [1.165, 1.54) is 11.8 Å². The molecule has 5 nitrogen and oxygen atoms in total. The molecule has 0 aliphatic rings. The molecule has 0 aliphatic carbocycles. The van der Waals surface area contributed by atoms with Crippen LogP contribution in [0.2, 0.25) is 0 Å². The molecule has 1 unspecified atom stereocenters. The van der Waals surface area contributed by atoms with Crippen LogP contribution in [0.5, 0.6) is 0 Å².